The highest BCUT2D eigenvalue weighted by Gasteiger charge is 2.25. The normalized spacial score (nSPS) is 12.4. The van der Waals surface area contributed by atoms with Crippen molar-refractivity contribution in [2.45, 2.75) is 24.3 Å². The third kappa shape index (κ3) is 5.13. The Morgan fingerprint density at radius 3 is 2.60 bits per heavy atom. The molecule has 0 saturated carbocycles. The van der Waals surface area contributed by atoms with Crippen LogP contribution in [0.25, 0.3) is 0 Å². The summed E-state index contributed by atoms with van der Waals surface area (Å²) in [7, 11) is -4.15. The molecule has 0 aromatic heterocycles. The maximum Gasteiger partial charge on any atom is 0.305 e. The SMILES string of the molecule is Cc1cccc(Oc2ccccc2S(=O)(=O)NC(C=O)CC(=O)O)c1. The fraction of sp³-hybridized carbons (Fsp3) is 0.176. The molecule has 2 N–H and O–H groups in total. The number of sulfonamides is 1. The van der Waals surface area contributed by atoms with E-state index in [1.807, 2.05) is 13.0 Å². The maximum atomic E-state index is 12.5. The molecule has 7 nitrogen and oxygen atoms in total. The predicted octanol–water partition coefficient (Wildman–Crippen LogP) is 2.11. The summed E-state index contributed by atoms with van der Waals surface area (Å²) in [6.45, 7) is 1.87. The Hall–Kier alpha value is -2.71. The molecule has 2 rings (SSSR count). The van der Waals surface area contributed by atoms with Gasteiger partial charge in [-0.15, -0.1) is 0 Å². The summed E-state index contributed by atoms with van der Waals surface area (Å²) < 4.78 is 32.8. The van der Waals surface area contributed by atoms with Gasteiger partial charge in [0.15, 0.2) is 0 Å². The summed E-state index contributed by atoms with van der Waals surface area (Å²) in [5.41, 5.74) is 0.943. The molecule has 8 heteroatoms. The van der Waals surface area contributed by atoms with Gasteiger partial charge in [-0.3, -0.25) is 4.79 Å². The van der Waals surface area contributed by atoms with Crippen LogP contribution in [0.3, 0.4) is 0 Å². The van der Waals surface area contributed by atoms with E-state index >= 15 is 0 Å². The molecule has 0 aliphatic rings. The van der Waals surface area contributed by atoms with Crippen molar-refractivity contribution in [3.63, 3.8) is 0 Å². The first kappa shape index (κ1) is 18.6. The van der Waals surface area contributed by atoms with Crippen molar-refractivity contribution in [1.82, 2.24) is 4.72 Å². The molecule has 1 unspecified atom stereocenters. The smallest absolute Gasteiger partial charge is 0.305 e. The summed E-state index contributed by atoms with van der Waals surface area (Å²) in [4.78, 5) is 21.5. The quantitative estimate of drug-likeness (QED) is 0.695. The molecule has 0 aliphatic heterocycles. The first-order chi connectivity index (χ1) is 11.8. The molecule has 0 heterocycles. The van der Waals surface area contributed by atoms with Crippen LogP contribution in [0.5, 0.6) is 11.5 Å². The van der Waals surface area contributed by atoms with Crippen molar-refractivity contribution in [3.8, 4) is 11.5 Å². The molecule has 1 atom stereocenters. The number of benzene rings is 2. The summed E-state index contributed by atoms with van der Waals surface area (Å²) in [6, 6.07) is 11.6. The average Bonchev–Trinajstić information content (AvgIpc) is 2.54. The minimum absolute atomic E-state index is 0.0700. The van der Waals surface area contributed by atoms with E-state index < -0.39 is 28.5 Å². The number of aryl methyl sites for hydroxylation is 1. The van der Waals surface area contributed by atoms with Crippen LogP contribution in [0.4, 0.5) is 0 Å². The maximum absolute atomic E-state index is 12.5. The van der Waals surface area contributed by atoms with Gasteiger partial charge in [0.1, 0.15) is 22.7 Å². The fourth-order valence-corrected chi connectivity index (χ4v) is 3.43. The van der Waals surface area contributed by atoms with Crippen LogP contribution in [0.1, 0.15) is 12.0 Å². The second-order valence-electron chi connectivity index (χ2n) is 5.33. The molecule has 0 aliphatic carbocycles. The number of carboxylic acids is 1. The van der Waals surface area contributed by atoms with E-state index in [2.05, 4.69) is 4.72 Å². The molecule has 2 aromatic rings. The number of carboxylic acid groups (broad SMARTS) is 1. The summed E-state index contributed by atoms with van der Waals surface area (Å²) in [5, 5.41) is 8.74. The second kappa shape index (κ2) is 7.91. The minimum atomic E-state index is -4.15. The Balaban J connectivity index is 2.32. The highest BCUT2D eigenvalue weighted by Crippen LogP contribution is 2.29. The molecule has 2 aromatic carbocycles. The Morgan fingerprint density at radius 2 is 1.96 bits per heavy atom. The Morgan fingerprint density at radius 1 is 1.24 bits per heavy atom. The van der Waals surface area contributed by atoms with Crippen LogP contribution in [-0.4, -0.2) is 31.8 Å². The van der Waals surface area contributed by atoms with Crippen LogP contribution in [0.15, 0.2) is 53.4 Å². The van der Waals surface area contributed by atoms with Gasteiger partial charge >= 0.3 is 5.97 Å². The number of aldehydes is 1. The van der Waals surface area contributed by atoms with Gasteiger partial charge in [0.05, 0.1) is 12.5 Å². The van der Waals surface area contributed by atoms with E-state index in [1.54, 1.807) is 24.3 Å². The molecule has 0 amide bonds. The summed E-state index contributed by atoms with van der Waals surface area (Å²) in [5.74, 6) is -0.759. The molecular weight excluding hydrogens is 346 g/mol. The molecule has 0 fully saturated rings. The number of ether oxygens (including phenoxy) is 1. The van der Waals surface area contributed by atoms with E-state index in [0.29, 0.717) is 5.75 Å². The summed E-state index contributed by atoms with van der Waals surface area (Å²) >= 11 is 0. The average molecular weight is 363 g/mol. The number of carbonyl (C=O) groups is 2. The van der Waals surface area contributed by atoms with Crippen LogP contribution >= 0.6 is 0 Å². The number of para-hydroxylation sites is 1. The zero-order chi connectivity index (χ0) is 18.4. The van der Waals surface area contributed by atoms with E-state index in [-0.39, 0.29) is 16.9 Å². The van der Waals surface area contributed by atoms with Gasteiger partial charge in [-0.25, -0.2) is 13.1 Å². The van der Waals surface area contributed by atoms with Crippen LogP contribution in [0.2, 0.25) is 0 Å². The van der Waals surface area contributed by atoms with Gasteiger partial charge in [0.25, 0.3) is 0 Å². The lowest BCUT2D eigenvalue weighted by Crippen LogP contribution is -2.37. The zero-order valence-corrected chi connectivity index (χ0v) is 14.2. The lowest BCUT2D eigenvalue weighted by atomic mass is 10.2. The van der Waals surface area contributed by atoms with Gasteiger partial charge in [0, 0.05) is 0 Å². The van der Waals surface area contributed by atoms with Crippen molar-refractivity contribution in [2.75, 3.05) is 0 Å². The number of hydrogen-bond donors (Lipinski definition) is 2. The van der Waals surface area contributed by atoms with Gasteiger partial charge in [-0.05, 0) is 36.8 Å². The van der Waals surface area contributed by atoms with Crippen molar-refractivity contribution < 1.29 is 27.9 Å². The Kier molecular flexibility index (Phi) is 5.89. The van der Waals surface area contributed by atoms with E-state index in [9.17, 15) is 18.0 Å². The zero-order valence-electron chi connectivity index (χ0n) is 13.4. The summed E-state index contributed by atoms with van der Waals surface area (Å²) in [6.07, 6.45) is -0.403. The van der Waals surface area contributed by atoms with E-state index in [0.717, 1.165) is 5.56 Å². The van der Waals surface area contributed by atoms with Crippen molar-refractivity contribution in [1.29, 1.82) is 0 Å². The first-order valence-corrected chi connectivity index (χ1v) is 8.83. The Labute approximate surface area is 145 Å². The largest absolute Gasteiger partial charge is 0.481 e. The topological polar surface area (TPSA) is 110 Å². The lowest BCUT2D eigenvalue weighted by Gasteiger charge is -2.15. The molecular formula is C17H17NO6S. The van der Waals surface area contributed by atoms with Crippen molar-refractivity contribution >= 4 is 22.3 Å². The number of hydrogen-bond acceptors (Lipinski definition) is 5. The van der Waals surface area contributed by atoms with Crippen molar-refractivity contribution in [2.24, 2.45) is 0 Å². The number of aliphatic carboxylic acids is 1. The predicted molar refractivity (Wildman–Crippen MR) is 90.1 cm³/mol. The second-order valence-corrected chi connectivity index (χ2v) is 7.01. The first-order valence-electron chi connectivity index (χ1n) is 7.35. The standard InChI is InChI=1S/C17H17NO6S/c1-12-5-4-6-14(9-12)24-15-7-2-3-8-16(15)25(22,23)18-13(11-19)10-17(20)21/h2-9,11,13,18H,10H2,1H3,(H,20,21). The molecule has 0 saturated heterocycles. The van der Waals surface area contributed by atoms with Gasteiger partial charge in [0.2, 0.25) is 10.0 Å². The molecule has 0 radical (unpaired) electrons. The van der Waals surface area contributed by atoms with Crippen molar-refractivity contribution in [3.05, 3.63) is 54.1 Å². The number of nitrogens with one attached hydrogen (secondary N) is 1. The number of rotatable bonds is 8. The highest BCUT2D eigenvalue weighted by atomic mass is 32.2. The van der Waals surface area contributed by atoms with Gasteiger partial charge < -0.3 is 14.6 Å². The van der Waals surface area contributed by atoms with Gasteiger partial charge in [-0.2, -0.15) is 0 Å². The third-order valence-electron chi connectivity index (χ3n) is 3.22. The van der Waals surface area contributed by atoms with Crippen LogP contribution in [-0.2, 0) is 19.6 Å². The van der Waals surface area contributed by atoms with Crippen LogP contribution < -0.4 is 9.46 Å². The van der Waals surface area contributed by atoms with E-state index in [1.165, 1.54) is 18.2 Å². The monoisotopic (exact) mass is 363 g/mol. The Bertz CT molecular complexity index is 878. The van der Waals surface area contributed by atoms with Gasteiger partial charge in [-0.1, -0.05) is 24.3 Å². The molecule has 25 heavy (non-hydrogen) atoms. The highest BCUT2D eigenvalue weighted by molar-refractivity contribution is 7.89. The third-order valence-corrected chi connectivity index (χ3v) is 4.75. The molecule has 0 bridgehead atoms. The van der Waals surface area contributed by atoms with Crippen LogP contribution in [0, 0.1) is 6.92 Å². The number of carbonyl (C=O) groups excluding carboxylic acids is 1. The fourth-order valence-electron chi connectivity index (χ4n) is 2.13. The lowest BCUT2D eigenvalue weighted by molar-refractivity contribution is -0.138. The minimum Gasteiger partial charge on any atom is -0.481 e. The van der Waals surface area contributed by atoms with E-state index in [4.69, 9.17) is 9.84 Å². The molecule has 132 valence electrons. The molecule has 0 spiro atoms.